The summed E-state index contributed by atoms with van der Waals surface area (Å²) in [5, 5.41) is 20.8. The van der Waals surface area contributed by atoms with Crippen LogP contribution in [-0.2, 0) is 6.54 Å². The van der Waals surface area contributed by atoms with Crippen molar-refractivity contribution in [3.63, 3.8) is 0 Å². The summed E-state index contributed by atoms with van der Waals surface area (Å²) in [6, 6.07) is 1.79. The molecule has 0 bridgehead atoms. The number of aromatic nitrogens is 1. The quantitative estimate of drug-likeness (QED) is 0.323. The van der Waals surface area contributed by atoms with Crippen molar-refractivity contribution >= 4 is 29.9 Å². The lowest BCUT2D eigenvalue weighted by atomic mass is 9.93. The Morgan fingerprint density at radius 1 is 1.27 bits per heavy atom. The normalized spacial score (nSPS) is 11.9. The Balaban J connectivity index is 0.00000441. The average molecular weight is 424 g/mol. The Hall–Kier alpha value is -0.830. The first-order chi connectivity index (χ1) is 10.1. The number of aliphatic imine (C=N–C) groups is 1. The Labute approximate surface area is 150 Å². The molecule has 0 radical (unpaired) electrons. The first kappa shape index (κ1) is 21.2. The topological polar surface area (TPSA) is 82.7 Å². The first-order valence-corrected chi connectivity index (χ1v) is 7.77. The molecule has 0 unspecified atom stereocenters. The molecule has 3 N–H and O–H groups in total. The van der Waals surface area contributed by atoms with Crippen LogP contribution in [0.1, 0.15) is 52.1 Å². The summed E-state index contributed by atoms with van der Waals surface area (Å²) in [7, 11) is 0. The van der Waals surface area contributed by atoms with E-state index in [9.17, 15) is 5.11 Å². The summed E-state index contributed by atoms with van der Waals surface area (Å²) in [4.78, 5) is 4.44. The molecule has 0 fully saturated rings. The maximum atomic E-state index is 10.6. The van der Waals surface area contributed by atoms with E-state index in [0.29, 0.717) is 19.0 Å². The Morgan fingerprint density at radius 2 is 1.95 bits per heavy atom. The molecule has 22 heavy (non-hydrogen) atoms. The molecule has 1 heterocycles. The smallest absolute Gasteiger partial charge is 0.191 e. The fraction of sp³-hybridized carbons (Fsp3) is 0.733. The summed E-state index contributed by atoms with van der Waals surface area (Å²) in [5.41, 5.74) is 0.109. The van der Waals surface area contributed by atoms with Crippen LogP contribution in [0.5, 0.6) is 0 Å². The number of rotatable bonds is 9. The molecule has 0 amide bonds. The monoisotopic (exact) mass is 424 g/mol. The molecule has 0 atom stereocenters. The lowest BCUT2D eigenvalue weighted by Crippen LogP contribution is -2.47. The van der Waals surface area contributed by atoms with Crippen molar-refractivity contribution in [1.29, 1.82) is 0 Å². The van der Waals surface area contributed by atoms with Gasteiger partial charge in [-0.25, -0.2) is 4.99 Å². The van der Waals surface area contributed by atoms with Gasteiger partial charge in [-0.3, -0.25) is 0 Å². The van der Waals surface area contributed by atoms with E-state index >= 15 is 0 Å². The van der Waals surface area contributed by atoms with Crippen LogP contribution < -0.4 is 10.6 Å². The van der Waals surface area contributed by atoms with Crippen LogP contribution in [0.3, 0.4) is 0 Å². The molecule has 1 aromatic heterocycles. The van der Waals surface area contributed by atoms with Crippen molar-refractivity contribution in [3.05, 3.63) is 18.0 Å². The minimum absolute atomic E-state index is 0. The van der Waals surface area contributed by atoms with Crippen LogP contribution in [0.4, 0.5) is 0 Å². The zero-order chi connectivity index (χ0) is 15.6. The summed E-state index contributed by atoms with van der Waals surface area (Å²) in [5.74, 6) is 0.686. The van der Waals surface area contributed by atoms with Gasteiger partial charge >= 0.3 is 0 Å². The molecule has 0 spiro atoms. The number of hydrogen-bond donors (Lipinski definition) is 3. The molecule has 1 aromatic rings. The Morgan fingerprint density at radius 3 is 2.45 bits per heavy atom. The van der Waals surface area contributed by atoms with Gasteiger partial charge in [0, 0.05) is 19.2 Å². The highest BCUT2D eigenvalue weighted by Crippen LogP contribution is 2.18. The zero-order valence-corrected chi connectivity index (χ0v) is 16.1. The summed E-state index contributed by atoms with van der Waals surface area (Å²) < 4.78 is 4.78. The van der Waals surface area contributed by atoms with E-state index in [2.05, 4.69) is 34.6 Å². The van der Waals surface area contributed by atoms with Gasteiger partial charge in [-0.2, -0.15) is 0 Å². The zero-order valence-electron chi connectivity index (χ0n) is 13.8. The van der Waals surface area contributed by atoms with E-state index < -0.39 is 5.60 Å². The predicted molar refractivity (Wildman–Crippen MR) is 99.5 cm³/mol. The van der Waals surface area contributed by atoms with Gasteiger partial charge in [0.15, 0.2) is 5.96 Å². The minimum Gasteiger partial charge on any atom is -0.388 e. The number of nitrogens with zero attached hydrogens (tertiary/aromatic N) is 2. The van der Waals surface area contributed by atoms with Gasteiger partial charge in [0.2, 0.25) is 0 Å². The molecule has 0 aliphatic carbocycles. The molecular weight excluding hydrogens is 395 g/mol. The lowest BCUT2D eigenvalue weighted by molar-refractivity contribution is 0.0257. The minimum atomic E-state index is -0.673. The van der Waals surface area contributed by atoms with E-state index in [1.54, 1.807) is 6.07 Å². The summed E-state index contributed by atoms with van der Waals surface area (Å²) in [6.07, 6.45) is 5.04. The van der Waals surface area contributed by atoms with Gasteiger partial charge in [-0.1, -0.05) is 31.8 Å². The van der Waals surface area contributed by atoms with Crippen molar-refractivity contribution in [1.82, 2.24) is 15.8 Å². The van der Waals surface area contributed by atoms with Crippen LogP contribution in [0.25, 0.3) is 0 Å². The molecule has 6 nitrogen and oxygen atoms in total. The highest BCUT2D eigenvalue weighted by atomic mass is 127. The van der Waals surface area contributed by atoms with Crippen molar-refractivity contribution in [2.45, 2.75) is 58.6 Å². The van der Waals surface area contributed by atoms with E-state index in [1.165, 1.54) is 6.26 Å². The fourth-order valence-corrected chi connectivity index (χ4v) is 2.30. The third kappa shape index (κ3) is 7.98. The summed E-state index contributed by atoms with van der Waals surface area (Å²) in [6.45, 7) is 7.91. The molecule has 0 aromatic carbocycles. The molecule has 0 saturated carbocycles. The van der Waals surface area contributed by atoms with E-state index in [-0.39, 0.29) is 24.0 Å². The van der Waals surface area contributed by atoms with Gasteiger partial charge in [-0.05, 0) is 19.8 Å². The number of nitrogens with one attached hydrogen (secondary N) is 2. The predicted octanol–water partition coefficient (Wildman–Crippen LogP) is 2.68. The SMILES string of the molecule is CCCC(O)(CCC)CNC(=NCc1ccon1)NCC.I. The lowest BCUT2D eigenvalue weighted by Gasteiger charge is -2.28. The molecule has 1 rings (SSSR count). The van der Waals surface area contributed by atoms with E-state index in [1.807, 2.05) is 6.92 Å². The summed E-state index contributed by atoms with van der Waals surface area (Å²) >= 11 is 0. The second-order valence-corrected chi connectivity index (χ2v) is 5.26. The van der Waals surface area contributed by atoms with Crippen molar-refractivity contribution in [3.8, 4) is 0 Å². The van der Waals surface area contributed by atoms with Crippen LogP contribution >= 0.6 is 24.0 Å². The number of guanidine groups is 1. The van der Waals surface area contributed by atoms with Gasteiger partial charge in [-0.15, -0.1) is 24.0 Å². The number of aliphatic hydroxyl groups is 1. The fourth-order valence-electron chi connectivity index (χ4n) is 2.30. The van der Waals surface area contributed by atoms with Gasteiger partial charge in [0.25, 0.3) is 0 Å². The van der Waals surface area contributed by atoms with Crippen molar-refractivity contribution < 1.29 is 9.63 Å². The Kier molecular flexibility index (Phi) is 11.3. The van der Waals surface area contributed by atoms with Gasteiger partial charge in [0.05, 0.1) is 12.1 Å². The highest BCUT2D eigenvalue weighted by molar-refractivity contribution is 14.0. The van der Waals surface area contributed by atoms with Gasteiger partial charge < -0.3 is 20.3 Å². The molecule has 128 valence electrons. The van der Waals surface area contributed by atoms with Gasteiger partial charge in [0.1, 0.15) is 12.0 Å². The average Bonchev–Trinajstić information content (AvgIpc) is 2.96. The maximum absolute atomic E-state index is 10.6. The third-order valence-electron chi connectivity index (χ3n) is 3.25. The van der Waals surface area contributed by atoms with Crippen LogP contribution in [0.15, 0.2) is 21.8 Å². The largest absolute Gasteiger partial charge is 0.388 e. The molecule has 0 aliphatic heterocycles. The molecule has 0 saturated heterocycles. The van der Waals surface area contributed by atoms with Crippen LogP contribution in [-0.4, -0.2) is 34.9 Å². The Bertz CT molecular complexity index is 404. The maximum Gasteiger partial charge on any atom is 0.191 e. The standard InChI is InChI=1S/C15H28N4O2.HI/c1-4-8-15(20,9-5-2)12-18-14(16-6-3)17-11-13-7-10-21-19-13;/h7,10,20H,4-6,8-9,11-12H2,1-3H3,(H2,16,17,18);1H. The first-order valence-electron chi connectivity index (χ1n) is 7.77. The number of hydrogen-bond acceptors (Lipinski definition) is 4. The molecule has 7 heteroatoms. The number of halogens is 1. The van der Waals surface area contributed by atoms with E-state index in [4.69, 9.17) is 4.52 Å². The van der Waals surface area contributed by atoms with Crippen LogP contribution in [0, 0.1) is 0 Å². The highest BCUT2D eigenvalue weighted by Gasteiger charge is 2.24. The second-order valence-electron chi connectivity index (χ2n) is 5.26. The van der Waals surface area contributed by atoms with Crippen molar-refractivity contribution in [2.75, 3.05) is 13.1 Å². The van der Waals surface area contributed by atoms with Crippen molar-refractivity contribution in [2.24, 2.45) is 4.99 Å². The molecule has 0 aliphatic rings. The van der Waals surface area contributed by atoms with E-state index in [0.717, 1.165) is 37.9 Å². The molecular formula is C15H29IN4O2. The second kappa shape index (κ2) is 11.7. The van der Waals surface area contributed by atoms with Crippen LogP contribution in [0.2, 0.25) is 0 Å². The third-order valence-corrected chi connectivity index (χ3v) is 3.25.